The van der Waals surface area contributed by atoms with E-state index in [0.717, 1.165) is 23.2 Å². The van der Waals surface area contributed by atoms with Gasteiger partial charge in [0.1, 0.15) is 0 Å². The summed E-state index contributed by atoms with van der Waals surface area (Å²) in [7, 11) is 1.67. The molecule has 1 rings (SSSR count). The van der Waals surface area contributed by atoms with Gasteiger partial charge >= 0.3 is 0 Å². The zero-order valence-electron chi connectivity index (χ0n) is 9.38. The van der Waals surface area contributed by atoms with E-state index in [1.807, 2.05) is 10.8 Å². The average Bonchev–Trinajstić information content (AvgIpc) is 2.73. The smallest absolute Gasteiger partial charge is 0.171 e. The molecule has 86 valence electrons. The fourth-order valence-electron chi connectivity index (χ4n) is 1.01. The monoisotopic (exact) mass is 292 g/mol. The van der Waals surface area contributed by atoms with Gasteiger partial charge in [0.2, 0.25) is 0 Å². The molecule has 15 heavy (non-hydrogen) atoms. The number of thiophene rings is 1. The van der Waals surface area contributed by atoms with Crippen LogP contribution in [0.5, 0.6) is 11.5 Å². The maximum atomic E-state index is 5.77. The van der Waals surface area contributed by atoms with Crippen LogP contribution in [0.25, 0.3) is 0 Å². The van der Waals surface area contributed by atoms with Gasteiger partial charge in [0.25, 0.3) is 0 Å². The van der Waals surface area contributed by atoms with Crippen molar-refractivity contribution >= 4 is 27.3 Å². The fourth-order valence-corrected chi connectivity index (χ4v) is 2.28. The molecule has 1 heterocycles. The van der Waals surface area contributed by atoms with Crippen molar-refractivity contribution in [3.8, 4) is 11.5 Å². The van der Waals surface area contributed by atoms with Crippen molar-refractivity contribution in [2.24, 2.45) is 5.41 Å². The predicted octanol–water partition coefficient (Wildman–Crippen LogP) is 3.95. The summed E-state index contributed by atoms with van der Waals surface area (Å²) in [6.07, 6.45) is 1.09. The molecule has 0 saturated heterocycles. The molecule has 1 aromatic heterocycles. The Morgan fingerprint density at radius 3 is 2.60 bits per heavy atom. The predicted molar refractivity (Wildman–Crippen MR) is 68.6 cm³/mol. The first-order chi connectivity index (χ1) is 7.15. The number of halogens is 1. The van der Waals surface area contributed by atoms with Gasteiger partial charge in [-0.1, -0.05) is 29.8 Å². The lowest BCUT2D eigenvalue weighted by Gasteiger charge is -2.25. The quantitative estimate of drug-likeness (QED) is 0.739. The van der Waals surface area contributed by atoms with Crippen LogP contribution >= 0.6 is 27.3 Å². The van der Waals surface area contributed by atoms with Crippen molar-refractivity contribution in [3.63, 3.8) is 0 Å². The van der Waals surface area contributed by atoms with Gasteiger partial charge in [-0.15, -0.1) is 11.3 Å². The van der Waals surface area contributed by atoms with E-state index in [4.69, 9.17) is 9.47 Å². The van der Waals surface area contributed by atoms with E-state index in [-0.39, 0.29) is 5.41 Å². The third-order valence-electron chi connectivity index (χ3n) is 2.57. The molecule has 0 aromatic carbocycles. The molecule has 1 unspecified atom stereocenters. The van der Waals surface area contributed by atoms with Gasteiger partial charge in [-0.05, 0) is 6.42 Å². The highest BCUT2D eigenvalue weighted by Gasteiger charge is 2.22. The van der Waals surface area contributed by atoms with Crippen LogP contribution in [0.15, 0.2) is 10.8 Å². The number of methoxy groups -OCH3 is 1. The van der Waals surface area contributed by atoms with Crippen molar-refractivity contribution in [3.05, 3.63) is 10.8 Å². The molecule has 0 saturated carbocycles. The van der Waals surface area contributed by atoms with Crippen LogP contribution in [0.1, 0.15) is 20.3 Å². The molecule has 0 aliphatic carbocycles. The molecule has 1 aromatic rings. The number of hydrogen-bond acceptors (Lipinski definition) is 3. The number of rotatable bonds is 6. The van der Waals surface area contributed by atoms with E-state index in [1.54, 1.807) is 18.4 Å². The standard InChI is InChI=1S/C11H17BrO2S/c1-4-11(2,7-12)8-14-10-6-15-5-9(10)13-3/h5-6H,4,7-8H2,1-3H3. The largest absolute Gasteiger partial charge is 0.492 e. The number of ether oxygens (including phenoxy) is 2. The Balaban J connectivity index is 2.56. The normalized spacial score (nSPS) is 14.7. The summed E-state index contributed by atoms with van der Waals surface area (Å²) >= 11 is 5.12. The van der Waals surface area contributed by atoms with Crippen molar-refractivity contribution in [1.29, 1.82) is 0 Å². The van der Waals surface area contributed by atoms with Crippen LogP contribution in [0.4, 0.5) is 0 Å². The maximum Gasteiger partial charge on any atom is 0.171 e. The van der Waals surface area contributed by atoms with E-state index < -0.39 is 0 Å². The summed E-state index contributed by atoms with van der Waals surface area (Å²) in [6.45, 7) is 5.10. The lowest BCUT2D eigenvalue weighted by Crippen LogP contribution is -2.25. The average molecular weight is 293 g/mol. The second-order valence-corrected chi connectivity index (χ2v) is 5.20. The van der Waals surface area contributed by atoms with Crippen LogP contribution in [0.3, 0.4) is 0 Å². The van der Waals surface area contributed by atoms with Crippen LogP contribution in [-0.4, -0.2) is 19.0 Å². The Hall–Kier alpha value is -0.220. The van der Waals surface area contributed by atoms with Crippen LogP contribution < -0.4 is 9.47 Å². The molecule has 0 aliphatic heterocycles. The minimum Gasteiger partial charge on any atom is -0.492 e. The van der Waals surface area contributed by atoms with Gasteiger partial charge < -0.3 is 9.47 Å². The Bertz CT molecular complexity index is 295. The van der Waals surface area contributed by atoms with E-state index in [1.165, 1.54) is 0 Å². The molecule has 0 radical (unpaired) electrons. The third kappa shape index (κ3) is 3.38. The molecular weight excluding hydrogens is 276 g/mol. The highest BCUT2D eigenvalue weighted by Crippen LogP contribution is 2.33. The Kier molecular flexibility index (Phi) is 4.93. The third-order valence-corrected chi connectivity index (χ3v) is 4.62. The van der Waals surface area contributed by atoms with Crippen molar-refractivity contribution < 1.29 is 9.47 Å². The van der Waals surface area contributed by atoms with Crippen molar-refractivity contribution in [2.75, 3.05) is 19.0 Å². The van der Waals surface area contributed by atoms with E-state index in [2.05, 4.69) is 29.8 Å². The minimum absolute atomic E-state index is 0.187. The maximum absolute atomic E-state index is 5.77. The lowest BCUT2D eigenvalue weighted by molar-refractivity contribution is 0.176. The van der Waals surface area contributed by atoms with Gasteiger partial charge in [-0.25, -0.2) is 0 Å². The molecule has 0 aliphatic rings. The summed E-state index contributed by atoms with van der Waals surface area (Å²) in [5.41, 5.74) is 0.187. The second-order valence-electron chi connectivity index (χ2n) is 3.89. The Morgan fingerprint density at radius 2 is 2.07 bits per heavy atom. The van der Waals surface area contributed by atoms with Gasteiger partial charge in [0.05, 0.1) is 13.7 Å². The summed E-state index contributed by atoms with van der Waals surface area (Å²) < 4.78 is 11.0. The Labute approximate surface area is 104 Å². The van der Waals surface area contributed by atoms with Gasteiger partial charge in [0.15, 0.2) is 11.5 Å². The molecular formula is C11H17BrO2S. The first-order valence-corrected chi connectivity index (χ1v) is 7.00. The SMILES string of the molecule is CCC(C)(CBr)COc1cscc1OC. The number of hydrogen-bond donors (Lipinski definition) is 0. The zero-order chi connectivity index (χ0) is 11.3. The first kappa shape index (κ1) is 12.8. The van der Waals surface area contributed by atoms with Gasteiger partial charge in [-0.3, -0.25) is 0 Å². The lowest BCUT2D eigenvalue weighted by atomic mass is 9.91. The second kappa shape index (κ2) is 5.75. The molecule has 0 spiro atoms. The molecule has 0 bridgehead atoms. The molecule has 1 atom stereocenters. The summed E-state index contributed by atoms with van der Waals surface area (Å²) in [5.74, 6) is 1.68. The summed E-state index contributed by atoms with van der Waals surface area (Å²) in [4.78, 5) is 0. The molecule has 0 amide bonds. The van der Waals surface area contributed by atoms with E-state index in [9.17, 15) is 0 Å². The molecule has 4 heteroatoms. The summed E-state index contributed by atoms with van der Waals surface area (Å²) in [6, 6.07) is 0. The summed E-state index contributed by atoms with van der Waals surface area (Å²) in [5, 5.41) is 4.87. The van der Waals surface area contributed by atoms with Crippen LogP contribution in [0, 0.1) is 5.41 Å². The molecule has 2 nitrogen and oxygen atoms in total. The van der Waals surface area contributed by atoms with Crippen molar-refractivity contribution in [1.82, 2.24) is 0 Å². The van der Waals surface area contributed by atoms with Crippen LogP contribution in [0.2, 0.25) is 0 Å². The van der Waals surface area contributed by atoms with E-state index >= 15 is 0 Å². The minimum atomic E-state index is 0.187. The van der Waals surface area contributed by atoms with Crippen LogP contribution in [-0.2, 0) is 0 Å². The topological polar surface area (TPSA) is 18.5 Å². The zero-order valence-corrected chi connectivity index (χ0v) is 11.8. The fraction of sp³-hybridized carbons (Fsp3) is 0.636. The number of alkyl halides is 1. The molecule has 0 fully saturated rings. The van der Waals surface area contributed by atoms with Crippen molar-refractivity contribution in [2.45, 2.75) is 20.3 Å². The first-order valence-electron chi connectivity index (χ1n) is 4.94. The highest BCUT2D eigenvalue weighted by atomic mass is 79.9. The highest BCUT2D eigenvalue weighted by molar-refractivity contribution is 9.09. The Morgan fingerprint density at radius 1 is 1.40 bits per heavy atom. The van der Waals surface area contributed by atoms with Gasteiger partial charge in [0, 0.05) is 21.5 Å². The van der Waals surface area contributed by atoms with E-state index in [0.29, 0.717) is 6.61 Å². The molecule has 0 N–H and O–H groups in total. The van der Waals surface area contributed by atoms with Gasteiger partial charge in [-0.2, -0.15) is 0 Å².